The Morgan fingerprint density at radius 3 is 2.48 bits per heavy atom. The fraction of sp³-hybridized carbons (Fsp3) is 0.316. The molecule has 0 spiro atoms. The van der Waals surface area contributed by atoms with Gasteiger partial charge in [-0.1, -0.05) is 17.7 Å². The number of nitrogens with zero attached hydrogens (tertiary/aromatic N) is 1. The number of nitrogens with one attached hydrogen (secondary N) is 1. The summed E-state index contributed by atoms with van der Waals surface area (Å²) in [5.41, 5.74) is 2.23. The third-order valence-corrected chi connectivity index (χ3v) is 6.57. The molecule has 6 nitrogen and oxygen atoms in total. The molecule has 0 saturated carbocycles. The van der Waals surface area contributed by atoms with Crippen molar-refractivity contribution in [2.45, 2.75) is 11.8 Å². The minimum Gasteiger partial charge on any atom is -0.379 e. The van der Waals surface area contributed by atoms with Crippen molar-refractivity contribution in [3.8, 4) is 0 Å². The highest BCUT2D eigenvalue weighted by Crippen LogP contribution is 2.21. The molecule has 0 aliphatic carbocycles. The summed E-state index contributed by atoms with van der Waals surface area (Å²) >= 11 is 5.98. The Bertz CT molecular complexity index is 923. The number of carbonyl (C=O) groups excluding carboxylic acids is 1. The normalized spacial score (nSPS) is 15.5. The van der Waals surface area contributed by atoms with Crippen molar-refractivity contribution in [3.63, 3.8) is 0 Å². The van der Waals surface area contributed by atoms with Crippen LogP contribution in [0.2, 0.25) is 5.02 Å². The van der Waals surface area contributed by atoms with Crippen molar-refractivity contribution in [3.05, 3.63) is 58.6 Å². The van der Waals surface area contributed by atoms with E-state index >= 15 is 0 Å². The van der Waals surface area contributed by atoms with Crippen LogP contribution in [0.1, 0.15) is 15.9 Å². The fourth-order valence-corrected chi connectivity index (χ4v) is 4.39. The van der Waals surface area contributed by atoms with Gasteiger partial charge in [0.1, 0.15) is 0 Å². The number of rotatable bonds is 6. The molecular weight excluding hydrogens is 388 g/mol. The van der Waals surface area contributed by atoms with Crippen LogP contribution in [0.15, 0.2) is 47.4 Å². The molecular formula is C19H21ClN2O4S. The Labute approximate surface area is 164 Å². The van der Waals surface area contributed by atoms with E-state index in [1.807, 2.05) is 13.0 Å². The van der Waals surface area contributed by atoms with E-state index in [9.17, 15) is 13.2 Å². The molecule has 2 aromatic rings. The minimum atomic E-state index is -3.56. The number of anilines is 1. The molecule has 8 heteroatoms. The number of benzene rings is 2. The fourth-order valence-electron chi connectivity index (χ4n) is 2.81. The predicted molar refractivity (Wildman–Crippen MR) is 105 cm³/mol. The molecule has 1 N–H and O–H groups in total. The van der Waals surface area contributed by atoms with Crippen molar-refractivity contribution < 1.29 is 17.9 Å². The van der Waals surface area contributed by atoms with Gasteiger partial charge in [-0.05, 0) is 48.9 Å². The number of ether oxygens (including phenoxy) is 1. The van der Waals surface area contributed by atoms with Gasteiger partial charge in [-0.2, -0.15) is 4.31 Å². The summed E-state index contributed by atoms with van der Waals surface area (Å²) in [5, 5.41) is 3.67. The van der Waals surface area contributed by atoms with E-state index < -0.39 is 10.0 Å². The first kappa shape index (κ1) is 19.8. The minimum absolute atomic E-state index is 0.0940. The predicted octanol–water partition coefficient (Wildman–Crippen LogP) is 2.96. The van der Waals surface area contributed by atoms with E-state index in [-0.39, 0.29) is 17.2 Å². The molecule has 0 atom stereocenters. The van der Waals surface area contributed by atoms with Crippen LogP contribution >= 0.6 is 11.6 Å². The van der Waals surface area contributed by atoms with Gasteiger partial charge < -0.3 is 10.1 Å². The SMILES string of the molecule is Cc1ccc(Cl)cc1NCC(=O)c1ccc(S(=O)(=O)N2CCOCC2)cc1. The van der Waals surface area contributed by atoms with Crippen LogP contribution in [0.25, 0.3) is 0 Å². The molecule has 0 unspecified atom stereocenters. The van der Waals surface area contributed by atoms with E-state index in [1.165, 1.54) is 16.4 Å². The van der Waals surface area contributed by atoms with E-state index in [0.717, 1.165) is 11.3 Å². The van der Waals surface area contributed by atoms with Crippen LogP contribution in [0.4, 0.5) is 5.69 Å². The maximum absolute atomic E-state index is 12.6. The van der Waals surface area contributed by atoms with Gasteiger partial charge >= 0.3 is 0 Å². The first-order valence-corrected chi connectivity index (χ1v) is 10.4. The Morgan fingerprint density at radius 2 is 1.81 bits per heavy atom. The number of morpholine rings is 1. The lowest BCUT2D eigenvalue weighted by atomic mass is 10.1. The highest BCUT2D eigenvalue weighted by Gasteiger charge is 2.26. The average molecular weight is 409 g/mol. The van der Waals surface area contributed by atoms with Crippen molar-refractivity contribution in [2.75, 3.05) is 38.2 Å². The van der Waals surface area contributed by atoms with Crippen molar-refractivity contribution in [1.29, 1.82) is 0 Å². The molecule has 144 valence electrons. The van der Waals surface area contributed by atoms with Gasteiger partial charge in [0.05, 0.1) is 24.7 Å². The number of hydrogen-bond acceptors (Lipinski definition) is 5. The van der Waals surface area contributed by atoms with Gasteiger partial charge in [0.2, 0.25) is 10.0 Å². The first-order chi connectivity index (χ1) is 12.9. The van der Waals surface area contributed by atoms with E-state index in [0.29, 0.717) is 36.9 Å². The monoisotopic (exact) mass is 408 g/mol. The van der Waals surface area contributed by atoms with Crippen molar-refractivity contribution in [2.24, 2.45) is 0 Å². The molecule has 0 amide bonds. The molecule has 2 aromatic carbocycles. The average Bonchev–Trinajstić information content (AvgIpc) is 2.69. The second-order valence-corrected chi connectivity index (χ2v) is 8.65. The highest BCUT2D eigenvalue weighted by molar-refractivity contribution is 7.89. The van der Waals surface area contributed by atoms with E-state index in [2.05, 4.69) is 5.32 Å². The number of ketones is 1. The number of halogens is 1. The van der Waals surface area contributed by atoms with Crippen LogP contribution in [0, 0.1) is 6.92 Å². The van der Waals surface area contributed by atoms with Gasteiger partial charge in [0, 0.05) is 29.4 Å². The zero-order chi connectivity index (χ0) is 19.4. The summed E-state index contributed by atoms with van der Waals surface area (Å²) in [6.45, 7) is 3.48. The largest absolute Gasteiger partial charge is 0.379 e. The van der Waals surface area contributed by atoms with Gasteiger partial charge in [0.15, 0.2) is 5.78 Å². The molecule has 0 bridgehead atoms. The molecule has 1 heterocycles. The van der Waals surface area contributed by atoms with Crippen LogP contribution < -0.4 is 5.32 Å². The van der Waals surface area contributed by atoms with Crippen LogP contribution in [-0.4, -0.2) is 51.4 Å². The van der Waals surface area contributed by atoms with E-state index in [1.54, 1.807) is 24.3 Å². The summed E-state index contributed by atoms with van der Waals surface area (Å²) in [4.78, 5) is 12.6. The maximum atomic E-state index is 12.6. The third-order valence-electron chi connectivity index (χ3n) is 4.42. The standard InChI is InChI=1S/C19H21ClN2O4S/c1-14-2-5-16(20)12-18(14)21-13-19(23)15-3-6-17(7-4-15)27(24,25)22-8-10-26-11-9-22/h2-7,12,21H,8-11,13H2,1H3. The number of sulfonamides is 1. The van der Waals surface area contributed by atoms with Gasteiger partial charge in [-0.3, -0.25) is 4.79 Å². The molecule has 0 radical (unpaired) electrons. The zero-order valence-electron chi connectivity index (χ0n) is 14.9. The highest BCUT2D eigenvalue weighted by atomic mass is 35.5. The summed E-state index contributed by atoms with van der Waals surface area (Å²) in [7, 11) is -3.56. The maximum Gasteiger partial charge on any atom is 0.243 e. The molecule has 1 fully saturated rings. The molecule has 1 saturated heterocycles. The molecule has 3 rings (SSSR count). The summed E-state index contributed by atoms with van der Waals surface area (Å²) in [6, 6.07) is 11.5. The Balaban J connectivity index is 1.67. The van der Waals surface area contributed by atoms with Crippen LogP contribution in [-0.2, 0) is 14.8 Å². The second kappa shape index (κ2) is 8.39. The Hall–Kier alpha value is -1.93. The molecule has 1 aliphatic rings. The molecule has 1 aliphatic heterocycles. The number of Topliss-reactive ketones (excluding diaryl/α,β-unsaturated/α-hetero) is 1. The Morgan fingerprint density at radius 1 is 1.15 bits per heavy atom. The third kappa shape index (κ3) is 4.68. The first-order valence-electron chi connectivity index (χ1n) is 8.59. The second-order valence-electron chi connectivity index (χ2n) is 6.28. The topological polar surface area (TPSA) is 75.7 Å². The summed E-state index contributed by atoms with van der Waals surface area (Å²) < 4.78 is 31.8. The van der Waals surface area contributed by atoms with Gasteiger partial charge in [-0.25, -0.2) is 8.42 Å². The van der Waals surface area contributed by atoms with Gasteiger partial charge in [0.25, 0.3) is 0 Å². The lowest BCUT2D eigenvalue weighted by molar-refractivity contribution is 0.0730. The number of aryl methyl sites for hydroxylation is 1. The summed E-state index contributed by atoms with van der Waals surface area (Å²) in [5.74, 6) is -0.135. The Kier molecular flexibility index (Phi) is 6.16. The van der Waals surface area contributed by atoms with E-state index in [4.69, 9.17) is 16.3 Å². The summed E-state index contributed by atoms with van der Waals surface area (Å²) in [6.07, 6.45) is 0. The number of carbonyl (C=O) groups is 1. The molecule has 0 aromatic heterocycles. The van der Waals surface area contributed by atoms with Crippen molar-refractivity contribution in [1.82, 2.24) is 4.31 Å². The zero-order valence-corrected chi connectivity index (χ0v) is 16.5. The quantitative estimate of drug-likeness (QED) is 0.743. The smallest absolute Gasteiger partial charge is 0.243 e. The van der Waals surface area contributed by atoms with Gasteiger partial charge in [-0.15, -0.1) is 0 Å². The van der Waals surface area contributed by atoms with Crippen LogP contribution in [0.3, 0.4) is 0 Å². The van der Waals surface area contributed by atoms with Crippen LogP contribution in [0.5, 0.6) is 0 Å². The molecule has 27 heavy (non-hydrogen) atoms. The lowest BCUT2D eigenvalue weighted by Gasteiger charge is -2.26. The lowest BCUT2D eigenvalue weighted by Crippen LogP contribution is -2.40. The number of hydrogen-bond donors (Lipinski definition) is 1. The van der Waals surface area contributed by atoms with Crippen molar-refractivity contribution >= 4 is 33.1 Å².